The quantitative estimate of drug-likeness (QED) is 0.708. The van der Waals surface area contributed by atoms with Crippen molar-refractivity contribution in [1.29, 1.82) is 10.5 Å². The Labute approximate surface area is 86.9 Å². The highest BCUT2D eigenvalue weighted by molar-refractivity contribution is 7.98. The van der Waals surface area contributed by atoms with Crippen molar-refractivity contribution in [3.05, 3.63) is 23.8 Å². The number of rotatable bonds is 3. The van der Waals surface area contributed by atoms with Crippen LogP contribution in [0.25, 0.3) is 0 Å². The van der Waals surface area contributed by atoms with Gasteiger partial charge in [0.2, 0.25) is 0 Å². The van der Waals surface area contributed by atoms with Gasteiger partial charge in [-0.05, 0) is 18.4 Å². The van der Waals surface area contributed by atoms with Crippen LogP contribution in [0.1, 0.15) is 5.56 Å². The number of hydrogen-bond acceptors (Lipinski definition) is 4. The SMILES string of the molecule is CSc1cccc(C#N)c1OCC#N. The van der Waals surface area contributed by atoms with E-state index in [-0.39, 0.29) is 6.61 Å². The molecule has 1 aromatic rings. The molecule has 0 aromatic heterocycles. The molecule has 0 fully saturated rings. The lowest BCUT2D eigenvalue weighted by atomic mass is 10.2. The summed E-state index contributed by atoms with van der Waals surface area (Å²) in [5.41, 5.74) is 0.465. The number of benzene rings is 1. The van der Waals surface area contributed by atoms with Gasteiger partial charge in [-0.25, -0.2) is 0 Å². The maximum absolute atomic E-state index is 8.82. The number of nitriles is 2. The van der Waals surface area contributed by atoms with Crippen LogP contribution in [0.3, 0.4) is 0 Å². The average Bonchev–Trinajstić information content (AvgIpc) is 2.25. The van der Waals surface area contributed by atoms with Crippen molar-refractivity contribution >= 4 is 11.8 Å². The lowest BCUT2D eigenvalue weighted by molar-refractivity contribution is 0.358. The van der Waals surface area contributed by atoms with Crippen molar-refractivity contribution in [2.75, 3.05) is 12.9 Å². The summed E-state index contributed by atoms with van der Waals surface area (Å²) in [6.07, 6.45) is 1.90. The van der Waals surface area contributed by atoms with Gasteiger partial charge in [0.05, 0.1) is 10.5 Å². The summed E-state index contributed by atoms with van der Waals surface area (Å²) < 4.78 is 5.19. The highest BCUT2D eigenvalue weighted by Gasteiger charge is 2.08. The predicted octanol–water partition coefficient (Wildman–Crippen LogP) is 2.18. The van der Waals surface area contributed by atoms with Crippen molar-refractivity contribution in [2.24, 2.45) is 0 Å². The molecule has 4 heteroatoms. The lowest BCUT2D eigenvalue weighted by Gasteiger charge is -2.07. The minimum Gasteiger partial charge on any atom is -0.476 e. The van der Waals surface area contributed by atoms with E-state index in [1.165, 1.54) is 11.8 Å². The molecule has 0 atom stereocenters. The predicted molar refractivity (Wildman–Crippen MR) is 54.0 cm³/mol. The van der Waals surface area contributed by atoms with Gasteiger partial charge in [-0.2, -0.15) is 10.5 Å². The third-order valence-electron chi connectivity index (χ3n) is 1.60. The van der Waals surface area contributed by atoms with Crippen molar-refractivity contribution in [3.8, 4) is 17.9 Å². The van der Waals surface area contributed by atoms with Gasteiger partial charge in [-0.15, -0.1) is 11.8 Å². The first-order valence-corrected chi connectivity index (χ1v) is 5.12. The average molecular weight is 204 g/mol. The zero-order chi connectivity index (χ0) is 10.4. The summed E-state index contributed by atoms with van der Waals surface area (Å²) in [7, 11) is 0. The van der Waals surface area contributed by atoms with Crippen LogP contribution in [0.15, 0.2) is 23.1 Å². The van der Waals surface area contributed by atoms with Crippen molar-refractivity contribution in [1.82, 2.24) is 0 Å². The van der Waals surface area contributed by atoms with Crippen LogP contribution < -0.4 is 4.74 Å². The Balaban J connectivity index is 3.09. The molecule has 0 amide bonds. The van der Waals surface area contributed by atoms with Crippen molar-refractivity contribution in [2.45, 2.75) is 4.90 Å². The first kappa shape index (κ1) is 10.4. The van der Waals surface area contributed by atoms with Crippen molar-refractivity contribution in [3.63, 3.8) is 0 Å². The molecule has 0 saturated heterocycles. The Morgan fingerprint density at radius 1 is 1.43 bits per heavy atom. The molecule has 0 unspecified atom stereocenters. The van der Waals surface area contributed by atoms with Crippen LogP contribution in [-0.4, -0.2) is 12.9 Å². The Morgan fingerprint density at radius 2 is 2.21 bits per heavy atom. The molecule has 14 heavy (non-hydrogen) atoms. The highest BCUT2D eigenvalue weighted by atomic mass is 32.2. The van der Waals surface area contributed by atoms with Crippen LogP contribution in [-0.2, 0) is 0 Å². The van der Waals surface area contributed by atoms with E-state index in [9.17, 15) is 0 Å². The second-order valence-electron chi connectivity index (χ2n) is 2.40. The maximum atomic E-state index is 8.82. The molecule has 0 aliphatic heterocycles. The van der Waals surface area contributed by atoms with Crippen LogP contribution in [0.5, 0.6) is 5.75 Å². The first-order valence-electron chi connectivity index (χ1n) is 3.90. The minimum absolute atomic E-state index is 0.0355. The second-order valence-corrected chi connectivity index (χ2v) is 3.24. The summed E-state index contributed by atoms with van der Waals surface area (Å²) in [6.45, 7) is -0.0355. The molecule has 0 radical (unpaired) electrons. The molecular weight excluding hydrogens is 196 g/mol. The van der Waals surface area contributed by atoms with E-state index in [2.05, 4.69) is 0 Å². The minimum atomic E-state index is -0.0355. The molecule has 0 spiro atoms. The van der Waals surface area contributed by atoms with E-state index in [0.717, 1.165) is 4.90 Å². The van der Waals surface area contributed by atoms with Gasteiger partial charge in [-0.1, -0.05) is 6.07 Å². The fourth-order valence-corrected chi connectivity index (χ4v) is 1.59. The molecule has 0 heterocycles. The standard InChI is InChI=1S/C10H8N2OS/c1-14-9-4-2-3-8(7-12)10(9)13-6-5-11/h2-4H,6H2,1H3. The van der Waals surface area contributed by atoms with E-state index in [0.29, 0.717) is 11.3 Å². The Hall–Kier alpha value is -1.65. The molecule has 0 aliphatic rings. The largest absolute Gasteiger partial charge is 0.476 e. The Kier molecular flexibility index (Phi) is 3.84. The number of hydrogen-bond donors (Lipinski definition) is 0. The number of ether oxygens (including phenoxy) is 1. The summed E-state index contributed by atoms with van der Waals surface area (Å²) in [5.74, 6) is 0.504. The van der Waals surface area contributed by atoms with E-state index < -0.39 is 0 Å². The van der Waals surface area contributed by atoms with Gasteiger partial charge in [0, 0.05) is 0 Å². The van der Waals surface area contributed by atoms with Gasteiger partial charge in [0.25, 0.3) is 0 Å². The van der Waals surface area contributed by atoms with Crippen LogP contribution in [0, 0.1) is 22.7 Å². The molecule has 1 aromatic carbocycles. The summed E-state index contributed by atoms with van der Waals surface area (Å²) in [4.78, 5) is 0.874. The molecule has 0 saturated carbocycles. The molecule has 0 bridgehead atoms. The number of para-hydroxylation sites is 1. The third kappa shape index (κ3) is 2.18. The van der Waals surface area contributed by atoms with Gasteiger partial charge in [0.1, 0.15) is 12.1 Å². The zero-order valence-corrected chi connectivity index (χ0v) is 8.47. The van der Waals surface area contributed by atoms with Gasteiger partial charge < -0.3 is 4.74 Å². The smallest absolute Gasteiger partial charge is 0.174 e. The zero-order valence-electron chi connectivity index (χ0n) is 7.65. The fourth-order valence-electron chi connectivity index (χ4n) is 1.02. The summed E-state index contributed by atoms with van der Waals surface area (Å²) in [6, 6.07) is 9.24. The summed E-state index contributed by atoms with van der Waals surface area (Å²) in [5, 5.41) is 17.2. The molecule has 3 nitrogen and oxygen atoms in total. The van der Waals surface area contributed by atoms with Crippen molar-refractivity contribution < 1.29 is 4.74 Å². The molecule has 0 N–H and O–H groups in total. The summed E-state index contributed by atoms with van der Waals surface area (Å²) >= 11 is 1.49. The van der Waals surface area contributed by atoms with Gasteiger partial charge in [-0.3, -0.25) is 0 Å². The monoisotopic (exact) mass is 204 g/mol. The molecule has 70 valence electrons. The van der Waals surface area contributed by atoms with E-state index in [1.54, 1.807) is 12.1 Å². The maximum Gasteiger partial charge on any atom is 0.174 e. The lowest BCUT2D eigenvalue weighted by Crippen LogP contribution is -1.97. The Morgan fingerprint density at radius 3 is 2.79 bits per heavy atom. The van der Waals surface area contributed by atoms with Gasteiger partial charge in [0.15, 0.2) is 12.4 Å². The molecule has 1 rings (SSSR count). The van der Waals surface area contributed by atoms with Crippen LogP contribution in [0.4, 0.5) is 0 Å². The normalized spacial score (nSPS) is 8.79. The van der Waals surface area contributed by atoms with E-state index >= 15 is 0 Å². The second kappa shape index (κ2) is 5.16. The first-order chi connectivity index (χ1) is 6.83. The van der Waals surface area contributed by atoms with E-state index in [4.69, 9.17) is 15.3 Å². The van der Waals surface area contributed by atoms with E-state index in [1.807, 2.05) is 24.5 Å². The molecule has 0 aliphatic carbocycles. The third-order valence-corrected chi connectivity index (χ3v) is 2.36. The molecular formula is C10H8N2OS. The number of nitrogens with zero attached hydrogens (tertiary/aromatic N) is 2. The topological polar surface area (TPSA) is 56.8 Å². The van der Waals surface area contributed by atoms with Crippen LogP contribution in [0.2, 0.25) is 0 Å². The Bertz CT molecular complexity index is 404. The number of thioether (sulfide) groups is 1. The van der Waals surface area contributed by atoms with Gasteiger partial charge >= 0.3 is 0 Å². The fraction of sp³-hybridized carbons (Fsp3) is 0.200. The highest BCUT2D eigenvalue weighted by Crippen LogP contribution is 2.30. The van der Waals surface area contributed by atoms with Crippen LogP contribution >= 0.6 is 11.8 Å².